The van der Waals surface area contributed by atoms with Gasteiger partial charge in [-0.3, -0.25) is 0 Å². The van der Waals surface area contributed by atoms with E-state index in [4.69, 9.17) is 23.8 Å². The summed E-state index contributed by atoms with van der Waals surface area (Å²) in [5.74, 6) is 1.90. The van der Waals surface area contributed by atoms with E-state index in [2.05, 4.69) is 127 Å². The van der Waals surface area contributed by atoms with Crippen LogP contribution < -0.4 is 0 Å². The van der Waals surface area contributed by atoms with E-state index < -0.39 is 0 Å². The first kappa shape index (κ1) is 31.9. The van der Waals surface area contributed by atoms with Gasteiger partial charge in [-0.1, -0.05) is 158 Å². The van der Waals surface area contributed by atoms with Gasteiger partial charge in [0.2, 0.25) is 0 Å². The maximum absolute atomic E-state index is 6.32. The molecule has 0 unspecified atom stereocenters. The molecule has 11 rings (SSSR count). The molecule has 0 bridgehead atoms. The molecule has 0 spiro atoms. The number of fused-ring (bicyclic) bond motifs is 6. The predicted molar refractivity (Wildman–Crippen MR) is 227 cm³/mol. The van der Waals surface area contributed by atoms with Gasteiger partial charge < -0.3 is 8.83 Å². The van der Waals surface area contributed by atoms with Crippen molar-refractivity contribution in [3.05, 3.63) is 188 Å². The average Bonchev–Trinajstić information content (AvgIpc) is 3.83. The molecule has 0 N–H and O–H groups in total. The average molecular weight is 718 g/mol. The minimum atomic E-state index is 0.627. The van der Waals surface area contributed by atoms with Crippen molar-refractivity contribution in [2.45, 2.75) is 0 Å². The molecule has 56 heavy (non-hydrogen) atoms. The number of para-hydroxylation sites is 1. The van der Waals surface area contributed by atoms with Gasteiger partial charge in [0, 0.05) is 38.2 Å². The quantitative estimate of drug-likeness (QED) is 0.171. The van der Waals surface area contributed by atoms with Crippen molar-refractivity contribution >= 4 is 43.9 Å². The van der Waals surface area contributed by atoms with E-state index in [1.165, 1.54) is 0 Å². The van der Waals surface area contributed by atoms with Crippen LogP contribution in [0, 0.1) is 0 Å². The second-order valence-corrected chi connectivity index (χ2v) is 14.0. The molecule has 0 aliphatic rings. The third-order valence-corrected chi connectivity index (χ3v) is 10.6. The Kier molecular flexibility index (Phi) is 7.42. The topological polar surface area (TPSA) is 65.0 Å². The highest BCUT2D eigenvalue weighted by Crippen LogP contribution is 2.39. The van der Waals surface area contributed by atoms with Crippen LogP contribution in [0.2, 0.25) is 0 Å². The lowest BCUT2D eigenvalue weighted by Gasteiger charge is -2.12. The Morgan fingerprint density at radius 2 is 0.679 bits per heavy atom. The summed E-state index contributed by atoms with van der Waals surface area (Å²) in [5, 5.41) is 4.28. The molecule has 8 aromatic carbocycles. The van der Waals surface area contributed by atoms with Crippen LogP contribution >= 0.6 is 0 Å². The van der Waals surface area contributed by atoms with Crippen LogP contribution in [0.4, 0.5) is 0 Å². The highest BCUT2D eigenvalue weighted by molar-refractivity contribution is 6.15. The summed E-state index contributed by atoms with van der Waals surface area (Å²) in [4.78, 5) is 15.0. The van der Waals surface area contributed by atoms with E-state index in [1.54, 1.807) is 0 Å². The fraction of sp³-hybridized carbons (Fsp3) is 0. The molecule has 0 fully saturated rings. The van der Waals surface area contributed by atoms with Crippen molar-refractivity contribution in [1.82, 2.24) is 15.0 Å². The molecule has 0 atom stereocenters. The summed E-state index contributed by atoms with van der Waals surface area (Å²) < 4.78 is 12.5. The van der Waals surface area contributed by atoms with Crippen LogP contribution in [-0.2, 0) is 0 Å². The molecule has 11 aromatic rings. The van der Waals surface area contributed by atoms with Gasteiger partial charge in [-0.05, 0) is 63.7 Å². The summed E-state index contributed by atoms with van der Waals surface area (Å²) in [6.45, 7) is 0. The Morgan fingerprint density at radius 1 is 0.250 bits per heavy atom. The van der Waals surface area contributed by atoms with E-state index in [1.807, 2.05) is 60.7 Å². The van der Waals surface area contributed by atoms with Crippen molar-refractivity contribution < 1.29 is 8.83 Å². The molecule has 0 radical (unpaired) electrons. The van der Waals surface area contributed by atoms with Gasteiger partial charge in [0.25, 0.3) is 0 Å². The van der Waals surface area contributed by atoms with Gasteiger partial charge in [0.05, 0.1) is 0 Å². The van der Waals surface area contributed by atoms with Crippen LogP contribution in [0.5, 0.6) is 0 Å². The first-order chi connectivity index (χ1) is 27.7. The minimum Gasteiger partial charge on any atom is -0.456 e. The third-order valence-electron chi connectivity index (χ3n) is 10.6. The number of benzene rings is 8. The first-order valence-corrected chi connectivity index (χ1v) is 18.7. The first-order valence-electron chi connectivity index (χ1n) is 18.7. The molecule has 3 aromatic heterocycles. The van der Waals surface area contributed by atoms with Crippen LogP contribution in [0.25, 0.3) is 111 Å². The fourth-order valence-corrected chi connectivity index (χ4v) is 7.73. The lowest BCUT2D eigenvalue weighted by atomic mass is 9.98. The van der Waals surface area contributed by atoms with E-state index >= 15 is 0 Å². The SMILES string of the molecule is c1ccc(-c2nc(-c3ccc(-c4ccc(-c5ccc6oc7cc8c(cc7c6c5)oc5ccccc58)cc4)cc3)nc(-c3ccccc3-c3ccccc3)n2)cc1. The Hall–Kier alpha value is -7.63. The summed E-state index contributed by atoms with van der Waals surface area (Å²) in [6, 6.07) is 64.6. The van der Waals surface area contributed by atoms with E-state index in [0.717, 1.165) is 93.9 Å². The molecule has 3 heterocycles. The van der Waals surface area contributed by atoms with E-state index in [-0.39, 0.29) is 0 Å². The number of nitrogens with zero attached hydrogens (tertiary/aromatic N) is 3. The number of rotatable bonds is 6. The van der Waals surface area contributed by atoms with Gasteiger partial charge in [-0.15, -0.1) is 0 Å². The Balaban J connectivity index is 0.917. The maximum Gasteiger partial charge on any atom is 0.164 e. The van der Waals surface area contributed by atoms with Crippen LogP contribution in [-0.4, -0.2) is 15.0 Å². The molecular weight excluding hydrogens is 687 g/mol. The van der Waals surface area contributed by atoms with Crippen molar-refractivity contribution in [2.24, 2.45) is 0 Å². The highest BCUT2D eigenvalue weighted by atomic mass is 16.3. The van der Waals surface area contributed by atoms with Crippen molar-refractivity contribution in [1.29, 1.82) is 0 Å². The monoisotopic (exact) mass is 717 g/mol. The Morgan fingerprint density at radius 3 is 1.34 bits per heavy atom. The Bertz CT molecular complexity index is 3220. The predicted octanol–water partition coefficient (Wildman–Crippen LogP) is 13.7. The van der Waals surface area contributed by atoms with E-state index in [0.29, 0.717) is 17.5 Å². The summed E-state index contributed by atoms with van der Waals surface area (Å²) in [6.07, 6.45) is 0. The second kappa shape index (κ2) is 13.0. The van der Waals surface area contributed by atoms with Gasteiger partial charge >= 0.3 is 0 Å². The largest absolute Gasteiger partial charge is 0.456 e. The van der Waals surface area contributed by atoms with E-state index in [9.17, 15) is 0 Å². The molecular formula is C51H31N3O2. The zero-order valence-corrected chi connectivity index (χ0v) is 30.1. The zero-order valence-electron chi connectivity index (χ0n) is 30.1. The summed E-state index contributed by atoms with van der Waals surface area (Å²) >= 11 is 0. The van der Waals surface area contributed by atoms with Crippen LogP contribution in [0.3, 0.4) is 0 Å². The third kappa shape index (κ3) is 5.53. The molecule has 0 aliphatic heterocycles. The van der Waals surface area contributed by atoms with Crippen molar-refractivity contribution in [2.75, 3.05) is 0 Å². The van der Waals surface area contributed by atoms with Gasteiger partial charge in [-0.2, -0.15) is 0 Å². The molecule has 0 saturated heterocycles. The van der Waals surface area contributed by atoms with Gasteiger partial charge in [0.15, 0.2) is 17.5 Å². The zero-order chi connectivity index (χ0) is 37.0. The second-order valence-electron chi connectivity index (χ2n) is 14.0. The summed E-state index contributed by atoms with van der Waals surface area (Å²) in [7, 11) is 0. The highest BCUT2D eigenvalue weighted by Gasteiger charge is 2.17. The molecule has 0 amide bonds. The molecule has 262 valence electrons. The fourth-order valence-electron chi connectivity index (χ4n) is 7.73. The number of hydrogen-bond donors (Lipinski definition) is 0. The van der Waals surface area contributed by atoms with Crippen LogP contribution in [0.15, 0.2) is 197 Å². The number of aromatic nitrogens is 3. The number of hydrogen-bond acceptors (Lipinski definition) is 5. The Labute approximate surface area is 322 Å². The van der Waals surface area contributed by atoms with Crippen LogP contribution in [0.1, 0.15) is 0 Å². The summed E-state index contributed by atoms with van der Waals surface area (Å²) in [5.41, 5.74) is 13.0. The molecule has 5 nitrogen and oxygen atoms in total. The normalized spacial score (nSPS) is 11.6. The van der Waals surface area contributed by atoms with Gasteiger partial charge in [0.1, 0.15) is 22.3 Å². The maximum atomic E-state index is 6.32. The lowest BCUT2D eigenvalue weighted by Crippen LogP contribution is -2.01. The van der Waals surface area contributed by atoms with Crippen molar-refractivity contribution in [3.8, 4) is 67.5 Å². The molecule has 0 aliphatic carbocycles. The smallest absolute Gasteiger partial charge is 0.164 e. The molecule has 0 saturated carbocycles. The number of furan rings is 2. The minimum absolute atomic E-state index is 0.627. The van der Waals surface area contributed by atoms with Crippen molar-refractivity contribution in [3.63, 3.8) is 0 Å². The lowest BCUT2D eigenvalue weighted by molar-refractivity contribution is 0.664. The van der Waals surface area contributed by atoms with Gasteiger partial charge in [-0.25, -0.2) is 15.0 Å². The standard InChI is InChI=1S/C51H31N3O2/c1-3-11-35(12-4-1)39-15-7-8-17-41(39)51-53-49(36-13-5-2-6-14-36)52-50(54-51)37-25-23-33(24-26-37)32-19-21-34(22-20-32)38-27-28-46-42(29-38)44-31-47-43(30-48(44)56-46)40-16-9-10-18-45(40)55-47/h1-31H. The molecule has 5 heteroatoms.